The lowest BCUT2D eigenvalue weighted by Gasteiger charge is -2.41. The summed E-state index contributed by atoms with van der Waals surface area (Å²) in [6.45, 7) is 5.46. The first kappa shape index (κ1) is 9.93. The molecule has 3 saturated heterocycles. The van der Waals surface area contributed by atoms with Crippen molar-refractivity contribution >= 4 is 5.97 Å². The lowest BCUT2D eigenvalue weighted by atomic mass is 9.93. The molecule has 0 saturated carbocycles. The average Bonchev–Trinajstić information content (AvgIpc) is 2.25. The molecular formula is C10H16O4. The van der Waals surface area contributed by atoms with Crippen LogP contribution in [0.3, 0.4) is 0 Å². The van der Waals surface area contributed by atoms with Crippen LogP contribution in [0.25, 0.3) is 0 Å². The lowest BCUT2D eigenvalue weighted by Crippen LogP contribution is -2.47. The minimum absolute atomic E-state index is 0.154. The first-order chi connectivity index (χ1) is 6.52. The molecule has 0 spiro atoms. The van der Waals surface area contributed by atoms with Crippen molar-refractivity contribution in [1.82, 2.24) is 0 Å². The van der Waals surface area contributed by atoms with Gasteiger partial charge in [-0.15, -0.1) is 0 Å². The van der Waals surface area contributed by atoms with Gasteiger partial charge in [0, 0.05) is 11.8 Å². The molecule has 3 heterocycles. The van der Waals surface area contributed by atoms with E-state index >= 15 is 0 Å². The molecule has 0 aliphatic carbocycles. The van der Waals surface area contributed by atoms with Gasteiger partial charge in [-0.2, -0.15) is 0 Å². The molecule has 0 unspecified atom stereocenters. The molecule has 0 aromatic rings. The Morgan fingerprint density at radius 3 is 2.43 bits per heavy atom. The molecule has 80 valence electrons. The molecule has 3 fully saturated rings. The van der Waals surface area contributed by atoms with Crippen LogP contribution in [0, 0.1) is 5.41 Å². The molecule has 0 radical (unpaired) electrons. The zero-order chi connectivity index (χ0) is 10.2. The molecule has 4 heteroatoms. The minimum Gasteiger partial charge on any atom is -0.465 e. The largest absolute Gasteiger partial charge is 0.465 e. The maximum absolute atomic E-state index is 11.3. The van der Waals surface area contributed by atoms with Crippen LogP contribution in [0.1, 0.15) is 26.7 Å². The summed E-state index contributed by atoms with van der Waals surface area (Å²) in [5, 5.41) is 0. The second kappa shape index (κ2) is 3.21. The van der Waals surface area contributed by atoms with E-state index in [0.29, 0.717) is 32.7 Å². The molecule has 0 amide bonds. The molecule has 2 bridgehead atoms. The Hall–Kier alpha value is -0.610. The number of hydrogen-bond donors (Lipinski definition) is 0. The number of hydrogen-bond acceptors (Lipinski definition) is 4. The molecule has 3 aliphatic heterocycles. The van der Waals surface area contributed by atoms with Crippen LogP contribution in [0.4, 0.5) is 0 Å². The van der Waals surface area contributed by atoms with E-state index in [1.165, 1.54) is 0 Å². The molecule has 14 heavy (non-hydrogen) atoms. The predicted molar refractivity (Wildman–Crippen MR) is 48.6 cm³/mol. The van der Waals surface area contributed by atoms with Crippen LogP contribution in [0.5, 0.6) is 0 Å². The summed E-state index contributed by atoms with van der Waals surface area (Å²) in [5.41, 5.74) is -0.181. The highest BCUT2D eigenvalue weighted by molar-refractivity contribution is 5.69. The molecule has 0 atom stereocenters. The predicted octanol–water partition coefficient (Wildman–Crippen LogP) is 1.09. The number of esters is 1. The van der Waals surface area contributed by atoms with E-state index in [2.05, 4.69) is 0 Å². The zero-order valence-electron chi connectivity index (χ0n) is 8.67. The van der Waals surface area contributed by atoms with Crippen molar-refractivity contribution in [2.75, 3.05) is 19.8 Å². The van der Waals surface area contributed by atoms with Crippen molar-refractivity contribution in [3.05, 3.63) is 0 Å². The summed E-state index contributed by atoms with van der Waals surface area (Å²) in [4.78, 5) is 11.3. The van der Waals surface area contributed by atoms with Gasteiger partial charge in [-0.25, -0.2) is 0 Å². The standard InChI is InChI=1S/C10H16O4/c1-9-5-12-8(11)3-4-10(2,13-6-9)14-7-9/h3-7H2,1-2H3. The van der Waals surface area contributed by atoms with Gasteiger partial charge in [-0.3, -0.25) is 4.79 Å². The lowest BCUT2D eigenvalue weighted by molar-refractivity contribution is -0.294. The topological polar surface area (TPSA) is 44.8 Å². The third kappa shape index (κ3) is 1.91. The van der Waals surface area contributed by atoms with Crippen molar-refractivity contribution in [2.45, 2.75) is 32.5 Å². The molecule has 4 nitrogen and oxygen atoms in total. The van der Waals surface area contributed by atoms with Gasteiger partial charge in [0.1, 0.15) is 6.61 Å². The first-order valence-electron chi connectivity index (χ1n) is 4.95. The molecule has 3 aliphatic rings. The Balaban J connectivity index is 2.15. The Kier molecular flexibility index (Phi) is 2.27. The van der Waals surface area contributed by atoms with E-state index in [0.717, 1.165) is 0 Å². The maximum atomic E-state index is 11.3. The van der Waals surface area contributed by atoms with Gasteiger partial charge >= 0.3 is 5.97 Å². The second-order valence-corrected chi connectivity index (χ2v) is 4.68. The smallest absolute Gasteiger partial charge is 0.306 e. The van der Waals surface area contributed by atoms with Gasteiger partial charge in [-0.1, -0.05) is 6.92 Å². The van der Waals surface area contributed by atoms with Gasteiger partial charge in [0.05, 0.1) is 19.6 Å². The summed E-state index contributed by atoms with van der Waals surface area (Å²) in [6, 6.07) is 0. The van der Waals surface area contributed by atoms with E-state index in [4.69, 9.17) is 14.2 Å². The average molecular weight is 200 g/mol. The Labute approximate surface area is 83.5 Å². The number of fused-ring (bicyclic) bond motifs is 6. The number of carbonyl (C=O) groups excluding carboxylic acids is 1. The summed E-state index contributed by atoms with van der Waals surface area (Å²) in [5.74, 6) is -0.749. The van der Waals surface area contributed by atoms with Crippen LogP contribution in [0.15, 0.2) is 0 Å². The molecule has 0 aromatic carbocycles. The van der Waals surface area contributed by atoms with Gasteiger partial charge in [0.2, 0.25) is 0 Å². The Morgan fingerprint density at radius 1 is 1.14 bits per heavy atom. The molecule has 3 rings (SSSR count). The second-order valence-electron chi connectivity index (χ2n) is 4.68. The molecule has 0 N–H and O–H groups in total. The summed E-state index contributed by atoms with van der Waals surface area (Å²) >= 11 is 0. The fourth-order valence-corrected chi connectivity index (χ4v) is 1.62. The van der Waals surface area contributed by atoms with Gasteiger partial charge in [0.15, 0.2) is 5.79 Å². The zero-order valence-corrected chi connectivity index (χ0v) is 8.67. The summed E-state index contributed by atoms with van der Waals surface area (Å²) in [7, 11) is 0. The summed E-state index contributed by atoms with van der Waals surface area (Å²) in [6.07, 6.45) is 0.939. The van der Waals surface area contributed by atoms with E-state index in [1.807, 2.05) is 13.8 Å². The third-order valence-corrected chi connectivity index (χ3v) is 2.82. The van der Waals surface area contributed by atoms with E-state index < -0.39 is 5.79 Å². The molecule has 0 aromatic heterocycles. The van der Waals surface area contributed by atoms with Crippen LogP contribution >= 0.6 is 0 Å². The fraction of sp³-hybridized carbons (Fsp3) is 0.900. The number of rotatable bonds is 0. The Bertz CT molecular complexity index is 217. The summed E-state index contributed by atoms with van der Waals surface area (Å²) < 4.78 is 16.4. The Morgan fingerprint density at radius 2 is 1.79 bits per heavy atom. The minimum atomic E-state index is -0.594. The van der Waals surface area contributed by atoms with Crippen LogP contribution in [0.2, 0.25) is 0 Å². The van der Waals surface area contributed by atoms with Gasteiger partial charge in [0.25, 0.3) is 0 Å². The van der Waals surface area contributed by atoms with E-state index in [-0.39, 0.29) is 11.4 Å². The fourth-order valence-electron chi connectivity index (χ4n) is 1.62. The highest BCUT2D eigenvalue weighted by atomic mass is 16.7. The monoisotopic (exact) mass is 200 g/mol. The van der Waals surface area contributed by atoms with Crippen LogP contribution < -0.4 is 0 Å². The van der Waals surface area contributed by atoms with E-state index in [1.54, 1.807) is 0 Å². The van der Waals surface area contributed by atoms with Gasteiger partial charge in [-0.05, 0) is 6.92 Å². The highest BCUT2D eigenvalue weighted by Crippen LogP contribution is 2.34. The van der Waals surface area contributed by atoms with Gasteiger partial charge < -0.3 is 14.2 Å². The van der Waals surface area contributed by atoms with Crippen LogP contribution in [-0.2, 0) is 19.0 Å². The van der Waals surface area contributed by atoms with Crippen molar-refractivity contribution < 1.29 is 19.0 Å². The van der Waals surface area contributed by atoms with Crippen molar-refractivity contribution in [2.24, 2.45) is 5.41 Å². The number of carbonyl (C=O) groups is 1. The normalized spacial score (nSPS) is 43.7. The first-order valence-corrected chi connectivity index (χ1v) is 4.95. The maximum Gasteiger partial charge on any atom is 0.306 e. The highest BCUT2D eigenvalue weighted by Gasteiger charge is 2.41. The van der Waals surface area contributed by atoms with E-state index in [9.17, 15) is 4.79 Å². The van der Waals surface area contributed by atoms with Crippen molar-refractivity contribution in [3.63, 3.8) is 0 Å². The number of ether oxygens (including phenoxy) is 3. The van der Waals surface area contributed by atoms with Crippen molar-refractivity contribution in [1.29, 1.82) is 0 Å². The van der Waals surface area contributed by atoms with Crippen molar-refractivity contribution in [3.8, 4) is 0 Å². The van der Waals surface area contributed by atoms with Crippen LogP contribution in [-0.4, -0.2) is 31.6 Å². The quantitative estimate of drug-likeness (QED) is 0.549. The molecular weight excluding hydrogens is 184 g/mol. The third-order valence-electron chi connectivity index (χ3n) is 2.82. The SMILES string of the molecule is CC12COC(=O)CCC(C)(OC1)OC2.